The number of fused-ring (bicyclic) bond motifs is 1. The molecule has 1 aliphatic carbocycles. The summed E-state index contributed by atoms with van der Waals surface area (Å²) in [5, 5.41) is 7.48. The van der Waals surface area contributed by atoms with Crippen LogP contribution in [0.25, 0.3) is 0 Å². The lowest BCUT2D eigenvalue weighted by molar-refractivity contribution is 0.102. The number of aromatic nitrogens is 2. The van der Waals surface area contributed by atoms with Crippen LogP contribution < -0.4 is 5.32 Å². The molecular formula is C20H21N3O2. The first kappa shape index (κ1) is 15.7. The minimum absolute atomic E-state index is 0.155. The van der Waals surface area contributed by atoms with Crippen LogP contribution in [0, 0.1) is 13.8 Å². The van der Waals surface area contributed by atoms with E-state index in [1.807, 2.05) is 17.7 Å². The highest BCUT2D eigenvalue weighted by Crippen LogP contribution is 2.34. The molecule has 25 heavy (non-hydrogen) atoms. The molecule has 5 heteroatoms. The maximum absolute atomic E-state index is 12.6. The average Bonchev–Trinajstić information content (AvgIpc) is 3.20. The van der Waals surface area contributed by atoms with Crippen molar-refractivity contribution in [1.82, 2.24) is 9.78 Å². The molecule has 1 amide bonds. The Bertz CT molecular complexity index is 923. The molecule has 0 saturated heterocycles. The van der Waals surface area contributed by atoms with Gasteiger partial charge in [-0.15, -0.1) is 0 Å². The van der Waals surface area contributed by atoms with Gasteiger partial charge in [0.25, 0.3) is 5.91 Å². The standard InChI is InChI=1S/C20H21N3O2/c1-13-12-17(14(2)25-13)20(24)22-19-10-11-21-23(19)18-9-5-7-15-6-3-4-8-16(15)18/h3-4,6,8,10-12,18H,5,7,9H2,1-2H3,(H,22,24)/t18-/m0/s1. The zero-order valence-electron chi connectivity index (χ0n) is 14.5. The highest BCUT2D eigenvalue weighted by Gasteiger charge is 2.24. The Morgan fingerprint density at radius 1 is 1.28 bits per heavy atom. The number of carbonyl (C=O) groups is 1. The fourth-order valence-corrected chi connectivity index (χ4v) is 3.68. The molecule has 128 valence electrons. The number of amides is 1. The monoisotopic (exact) mass is 335 g/mol. The van der Waals surface area contributed by atoms with Crippen LogP contribution in [0.2, 0.25) is 0 Å². The highest BCUT2D eigenvalue weighted by molar-refractivity contribution is 6.04. The van der Waals surface area contributed by atoms with Gasteiger partial charge in [-0.1, -0.05) is 24.3 Å². The first-order valence-electron chi connectivity index (χ1n) is 8.63. The number of carbonyl (C=O) groups excluding carboxylic acids is 1. The normalized spacial score (nSPS) is 16.5. The molecule has 0 fully saturated rings. The van der Waals surface area contributed by atoms with Gasteiger partial charge in [-0.05, 0) is 50.3 Å². The van der Waals surface area contributed by atoms with E-state index in [0.29, 0.717) is 17.1 Å². The molecule has 1 N–H and O–H groups in total. The lowest BCUT2D eigenvalue weighted by atomic mass is 9.88. The van der Waals surface area contributed by atoms with Gasteiger partial charge in [0, 0.05) is 6.07 Å². The number of anilines is 1. The lowest BCUT2D eigenvalue weighted by Gasteiger charge is -2.27. The predicted octanol–water partition coefficient (Wildman–Crippen LogP) is 4.27. The fourth-order valence-electron chi connectivity index (χ4n) is 3.68. The second-order valence-electron chi connectivity index (χ2n) is 6.55. The Balaban J connectivity index is 1.64. The van der Waals surface area contributed by atoms with Crippen LogP contribution in [0.1, 0.15) is 51.9 Å². The lowest BCUT2D eigenvalue weighted by Crippen LogP contribution is -2.22. The first-order valence-corrected chi connectivity index (χ1v) is 8.63. The van der Waals surface area contributed by atoms with Crippen LogP contribution in [-0.4, -0.2) is 15.7 Å². The van der Waals surface area contributed by atoms with Crippen molar-refractivity contribution in [3.8, 4) is 0 Å². The molecule has 5 nitrogen and oxygen atoms in total. The molecule has 2 heterocycles. The van der Waals surface area contributed by atoms with Gasteiger partial charge in [0.05, 0.1) is 17.8 Å². The van der Waals surface area contributed by atoms with E-state index >= 15 is 0 Å². The van der Waals surface area contributed by atoms with E-state index in [2.05, 4.69) is 34.7 Å². The number of nitrogens with one attached hydrogen (secondary N) is 1. The van der Waals surface area contributed by atoms with Gasteiger partial charge in [-0.3, -0.25) is 4.79 Å². The summed E-state index contributed by atoms with van der Waals surface area (Å²) < 4.78 is 7.39. The Labute approximate surface area is 146 Å². The van der Waals surface area contributed by atoms with Crippen LogP contribution in [0.15, 0.2) is 47.0 Å². The van der Waals surface area contributed by atoms with Crippen LogP contribution >= 0.6 is 0 Å². The fraction of sp³-hybridized carbons (Fsp3) is 0.300. The summed E-state index contributed by atoms with van der Waals surface area (Å²) in [5.41, 5.74) is 3.23. The smallest absolute Gasteiger partial charge is 0.260 e. The zero-order valence-corrected chi connectivity index (χ0v) is 14.5. The van der Waals surface area contributed by atoms with Crippen molar-refractivity contribution >= 4 is 11.7 Å². The zero-order chi connectivity index (χ0) is 17.4. The maximum atomic E-state index is 12.6. The number of benzene rings is 1. The predicted molar refractivity (Wildman–Crippen MR) is 95.9 cm³/mol. The Morgan fingerprint density at radius 3 is 2.92 bits per heavy atom. The molecule has 4 rings (SSSR count). The molecule has 0 saturated carbocycles. The van der Waals surface area contributed by atoms with Gasteiger partial charge in [-0.25, -0.2) is 4.68 Å². The minimum Gasteiger partial charge on any atom is -0.466 e. The second-order valence-corrected chi connectivity index (χ2v) is 6.55. The molecule has 0 radical (unpaired) electrons. The van der Waals surface area contributed by atoms with Crippen LogP contribution in [0.4, 0.5) is 5.82 Å². The summed E-state index contributed by atoms with van der Waals surface area (Å²) in [6.45, 7) is 3.64. The van der Waals surface area contributed by atoms with E-state index in [1.54, 1.807) is 19.2 Å². The molecule has 2 aromatic heterocycles. The number of hydrogen-bond acceptors (Lipinski definition) is 3. The van der Waals surface area contributed by atoms with E-state index in [1.165, 1.54) is 11.1 Å². The van der Waals surface area contributed by atoms with Gasteiger partial charge in [0.1, 0.15) is 17.3 Å². The summed E-state index contributed by atoms with van der Waals surface area (Å²) in [4.78, 5) is 12.6. The number of furan rings is 1. The molecule has 1 aromatic carbocycles. The van der Waals surface area contributed by atoms with Gasteiger partial charge in [0.2, 0.25) is 0 Å². The number of nitrogens with zero attached hydrogens (tertiary/aromatic N) is 2. The Kier molecular flexibility index (Phi) is 3.92. The van der Waals surface area contributed by atoms with Crippen molar-refractivity contribution < 1.29 is 9.21 Å². The molecule has 1 aliphatic rings. The number of rotatable bonds is 3. The molecule has 0 spiro atoms. The van der Waals surface area contributed by atoms with Crippen LogP contribution in [0.5, 0.6) is 0 Å². The van der Waals surface area contributed by atoms with Crippen molar-refractivity contribution in [2.24, 2.45) is 0 Å². The molecular weight excluding hydrogens is 314 g/mol. The van der Waals surface area contributed by atoms with E-state index < -0.39 is 0 Å². The van der Waals surface area contributed by atoms with E-state index in [4.69, 9.17) is 4.42 Å². The minimum atomic E-state index is -0.166. The molecule has 3 aromatic rings. The van der Waals surface area contributed by atoms with E-state index in [9.17, 15) is 4.79 Å². The first-order chi connectivity index (χ1) is 12.1. The van der Waals surface area contributed by atoms with Crippen LogP contribution in [0.3, 0.4) is 0 Å². The third-order valence-corrected chi connectivity index (χ3v) is 4.83. The number of hydrogen-bond donors (Lipinski definition) is 1. The van der Waals surface area contributed by atoms with Crippen molar-refractivity contribution in [2.75, 3.05) is 5.32 Å². The summed E-state index contributed by atoms with van der Waals surface area (Å²) >= 11 is 0. The highest BCUT2D eigenvalue weighted by atomic mass is 16.3. The van der Waals surface area contributed by atoms with Crippen molar-refractivity contribution in [2.45, 2.75) is 39.2 Å². The molecule has 1 atom stereocenters. The molecule has 0 unspecified atom stereocenters. The van der Waals surface area contributed by atoms with Crippen molar-refractivity contribution in [3.05, 3.63) is 70.8 Å². The summed E-state index contributed by atoms with van der Waals surface area (Å²) in [7, 11) is 0. The summed E-state index contributed by atoms with van der Waals surface area (Å²) in [6, 6.07) is 12.3. The quantitative estimate of drug-likeness (QED) is 0.777. The largest absolute Gasteiger partial charge is 0.466 e. The third-order valence-electron chi connectivity index (χ3n) is 4.83. The van der Waals surface area contributed by atoms with Crippen molar-refractivity contribution in [3.63, 3.8) is 0 Å². The van der Waals surface area contributed by atoms with Crippen LogP contribution in [-0.2, 0) is 6.42 Å². The average molecular weight is 335 g/mol. The summed E-state index contributed by atoms with van der Waals surface area (Å²) in [6.07, 6.45) is 4.98. The third kappa shape index (κ3) is 2.86. The van der Waals surface area contributed by atoms with Gasteiger partial charge in [-0.2, -0.15) is 5.10 Å². The molecule has 0 bridgehead atoms. The Hall–Kier alpha value is -2.82. The Morgan fingerprint density at radius 2 is 2.12 bits per heavy atom. The summed E-state index contributed by atoms with van der Waals surface area (Å²) in [5.74, 6) is 1.91. The maximum Gasteiger partial charge on any atom is 0.260 e. The second kappa shape index (κ2) is 6.24. The van der Waals surface area contributed by atoms with Gasteiger partial charge < -0.3 is 9.73 Å². The molecule has 0 aliphatic heterocycles. The van der Waals surface area contributed by atoms with E-state index in [0.717, 1.165) is 25.0 Å². The number of aryl methyl sites for hydroxylation is 3. The van der Waals surface area contributed by atoms with Crippen molar-refractivity contribution in [1.29, 1.82) is 0 Å². The van der Waals surface area contributed by atoms with Gasteiger partial charge in [0.15, 0.2) is 0 Å². The van der Waals surface area contributed by atoms with E-state index in [-0.39, 0.29) is 11.9 Å². The van der Waals surface area contributed by atoms with Gasteiger partial charge >= 0.3 is 0 Å². The topological polar surface area (TPSA) is 60.1 Å². The SMILES string of the molecule is Cc1cc(C(=O)Nc2ccnn2[C@H]2CCCc3ccccc32)c(C)o1.